The van der Waals surface area contributed by atoms with Crippen LogP contribution < -0.4 is 0 Å². The number of carboxylic acid groups (broad SMARTS) is 1. The van der Waals surface area contributed by atoms with Crippen LogP contribution in [-0.4, -0.2) is 28.6 Å². The van der Waals surface area contributed by atoms with Crippen LogP contribution in [0.4, 0.5) is 0 Å². The van der Waals surface area contributed by atoms with Gasteiger partial charge >= 0.3 is 5.97 Å². The van der Waals surface area contributed by atoms with E-state index in [1.807, 2.05) is 6.92 Å². The van der Waals surface area contributed by atoms with Crippen molar-refractivity contribution in [2.45, 2.75) is 32.5 Å². The molecule has 0 amide bonds. The van der Waals surface area contributed by atoms with Crippen LogP contribution in [0.3, 0.4) is 0 Å². The third-order valence-corrected chi connectivity index (χ3v) is 1.10. The SMILES string of the molecule is CCCOC(C)(O)CC(=O)O. The summed E-state index contributed by atoms with van der Waals surface area (Å²) in [5, 5.41) is 17.5. The van der Waals surface area contributed by atoms with Crippen LogP contribution in [0.1, 0.15) is 26.7 Å². The second-order valence-corrected chi connectivity index (χ2v) is 2.59. The van der Waals surface area contributed by atoms with Crippen molar-refractivity contribution in [2.24, 2.45) is 0 Å². The lowest BCUT2D eigenvalue weighted by Crippen LogP contribution is -2.31. The van der Waals surface area contributed by atoms with Crippen LogP contribution in [0.15, 0.2) is 0 Å². The molecular weight excluding hydrogens is 148 g/mol. The minimum Gasteiger partial charge on any atom is -0.481 e. The van der Waals surface area contributed by atoms with E-state index in [1.54, 1.807) is 0 Å². The van der Waals surface area contributed by atoms with Crippen molar-refractivity contribution in [1.82, 2.24) is 0 Å². The molecule has 0 fully saturated rings. The normalized spacial score (nSPS) is 15.9. The maximum atomic E-state index is 10.1. The summed E-state index contributed by atoms with van der Waals surface area (Å²) in [6, 6.07) is 0. The molecule has 4 nitrogen and oxygen atoms in total. The Kier molecular flexibility index (Phi) is 4.07. The van der Waals surface area contributed by atoms with Gasteiger partial charge in [0.1, 0.15) is 0 Å². The lowest BCUT2D eigenvalue weighted by Gasteiger charge is -2.20. The molecule has 0 bridgehead atoms. The molecule has 0 aliphatic heterocycles. The van der Waals surface area contributed by atoms with Crippen LogP contribution in [-0.2, 0) is 9.53 Å². The molecule has 1 atom stereocenters. The Hall–Kier alpha value is -0.610. The Labute approximate surface area is 65.8 Å². The largest absolute Gasteiger partial charge is 0.481 e. The van der Waals surface area contributed by atoms with E-state index in [1.165, 1.54) is 6.92 Å². The predicted molar refractivity (Wildman–Crippen MR) is 39.1 cm³/mol. The number of ether oxygens (including phenoxy) is 1. The van der Waals surface area contributed by atoms with Crippen molar-refractivity contribution in [1.29, 1.82) is 0 Å². The standard InChI is InChI=1S/C7H14O4/c1-3-4-11-7(2,10)5-6(8)9/h10H,3-5H2,1-2H3,(H,8,9). The molecule has 0 spiro atoms. The number of carbonyl (C=O) groups is 1. The quantitative estimate of drug-likeness (QED) is 0.581. The predicted octanol–water partition coefficient (Wildman–Crippen LogP) is 0.596. The van der Waals surface area contributed by atoms with E-state index in [9.17, 15) is 9.90 Å². The summed E-state index contributed by atoms with van der Waals surface area (Å²) >= 11 is 0. The third kappa shape index (κ3) is 5.82. The van der Waals surface area contributed by atoms with Gasteiger partial charge in [0.25, 0.3) is 0 Å². The zero-order valence-electron chi connectivity index (χ0n) is 6.83. The van der Waals surface area contributed by atoms with E-state index >= 15 is 0 Å². The van der Waals surface area contributed by atoms with Gasteiger partial charge in [0.05, 0.1) is 6.42 Å². The van der Waals surface area contributed by atoms with Crippen LogP contribution in [0.25, 0.3) is 0 Å². The maximum absolute atomic E-state index is 10.1. The Balaban J connectivity index is 3.70. The van der Waals surface area contributed by atoms with Gasteiger partial charge < -0.3 is 14.9 Å². The molecule has 0 saturated heterocycles. The fraction of sp³-hybridized carbons (Fsp3) is 0.857. The molecule has 2 N–H and O–H groups in total. The molecule has 0 radical (unpaired) electrons. The van der Waals surface area contributed by atoms with Gasteiger partial charge in [-0.15, -0.1) is 0 Å². The second kappa shape index (κ2) is 4.31. The van der Waals surface area contributed by atoms with Crippen molar-refractivity contribution in [2.75, 3.05) is 6.61 Å². The Morgan fingerprint density at radius 3 is 2.55 bits per heavy atom. The molecule has 0 saturated carbocycles. The number of rotatable bonds is 5. The fourth-order valence-corrected chi connectivity index (χ4v) is 0.654. The van der Waals surface area contributed by atoms with E-state index in [2.05, 4.69) is 0 Å². The summed E-state index contributed by atoms with van der Waals surface area (Å²) < 4.78 is 4.86. The van der Waals surface area contributed by atoms with Gasteiger partial charge in [0.15, 0.2) is 5.79 Å². The van der Waals surface area contributed by atoms with E-state index in [0.29, 0.717) is 6.61 Å². The molecule has 11 heavy (non-hydrogen) atoms. The molecule has 0 aromatic rings. The number of aliphatic hydroxyl groups is 1. The highest BCUT2D eigenvalue weighted by atomic mass is 16.6. The van der Waals surface area contributed by atoms with Crippen molar-refractivity contribution in [3.8, 4) is 0 Å². The number of aliphatic carboxylic acids is 1. The van der Waals surface area contributed by atoms with E-state index in [0.717, 1.165) is 6.42 Å². The molecular formula is C7H14O4. The lowest BCUT2D eigenvalue weighted by atomic mass is 10.2. The topological polar surface area (TPSA) is 66.8 Å². The number of carboxylic acids is 1. The van der Waals surface area contributed by atoms with Crippen molar-refractivity contribution >= 4 is 5.97 Å². The summed E-state index contributed by atoms with van der Waals surface area (Å²) in [4.78, 5) is 10.1. The fourth-order valence-electron chi connectivity index (χ4n) is 0.654. The van der Waals surface area contributed by atoms with E-state index in [-0.39, 0.29) is 6.42 Å². The zero-order chi connectivity index (χ0) is 8.91. The van der Waals surface area contributed by atoms with Crippen LogP contribution in [0.2, 0.25) is 0 Å². The summed E-state index contributed by atoms with van der Waals surface area (Å²) in [6.45, 7) is 3.61. The molecule has 0 aromatic carbocycles. The minimum atomic E-state index is -1.53. The molecule has 1 unspecified atom stereocenters. The van der Waals surface area contributed by atoms with E-state index < -0.39 is 11.8 Å². The highest BCUT2D eigenvalue weighted by Crippen LogP contribution is 2.10. The Morgan fingerprint density at radius 1 is 1.64 bits per heavy atom. The van der Waals surface area contributed by atoms with E-state index in [4.69, 9.17) is 9.84 Å². The Bertz CT molecular complexity index is 130. The second-order valence-electron chi connectivity index (χ2n) is 2.59. The first kappa shape index (κ1) is 10.4. The average Bonchev–Trinajstić information content (AvgIpc) is 1.81. The van der Waals surface area contributed by atoms with Crippen LogP contribution >= 0.6 is 0 Å². The first-order valence-corrected chi connectivity index (χ1v) is 3.56. The summed E-state index contributed by atoms with van der Waals surface area (Å²) in [5.74, 6) is -2.59. The minimum absolute atomic E-state index is 0.375. The van der Waals surface area contributed by atoms with Gasteiger partial charge in [-0.2, -0.15) is 0 Å². The van der Waals surface area contributed by atoms with Crippen molar-refractivity contribution in [3.05, 3.63) is 0 Å². The van der Waals surface area contributed by atoms with Gasteiger partial charge in [-0.25, -0.2) is 0 Å². The van der Waals surface area contributed by atoms with Gasteiger partial charge in [-0.1, -0.05) is 6.92 Å². The molecule has 0 heterocycles. The third-order valence-electron chi connectivity index (χ3n) is 1.10. The highest BCUT2D eigenvalue weighted by molar-refractivity contribution is 5.67. The first-order valence-electron chi connectivity index (χ1n) is 3.56. The molecule has 0 rings (SSSR count). The highest BCUT2D eigenvalue weighted by Gasteiger charge is 2.24. The summed E-state index contributed by atoms with van der Waals surface area (Å²) in [7, 11) is 0. The van der Waals surface area contributed by atoms with Crippen molar-refractivity contribution in [3.63, 3.8) is 0 Å². The van der Waals surface area contributed by atoms with Crippen LogP contribution in [0.5, 0.6) is 0 Å². The average molecular weight is 162 g/mol. The van der Waals surface area contributed by atoms with Gasteiger partial charge in [-0.05, 0) is 13.3 Å². The molecule has 4 heteroatoms. The van der Waals surface area contributed by atoms with Crippen molar-refractivity contribution < 1.29 is 19.7 Å². The monoisotopic (exact) mass is 162 g/mol. The molecule has 0 aliphatic carbocycles. The van der Waals surface area contributed by atoms with Gasteiger partial charge in [0.2, 0.25) is 0 Å². The smallest absolute Gasteiger partial charge is 0.308 e. The molecule has 0 aliphatic rings. The van der Waals surface area contributed by atoms with Crippen LogP contribution in [0, 0.1) is 0 Å². The summed E-state index contributed by atoms with van der Waals surface area (Å²) in [5.41, 5.74) is 0. The van der Waals surface area contributed by atoms with Gasteiger partial charge in [0, 0.05) is 6.61 Å². The maximum Gasteiger partial charge on any atom is 0.308 e. The van der Waals surface area contributed by atoms with Gasteiger partial charge in [-0.3, -0.25) is 4.79 Å². The zero-order valence-corrected chi connectivity index (χ0v) is 6.83. The summed E-state index contributed by atoms with van der Waals surface area (Å²) in [6.07, 6.45) is 0.378. The number of hydrogen-bond acceptors (Lipinski definition) is 3. The molecule has 0 aromatic heterocycles. The lowest BCUT2D eigenvalue weighted by molar-refractivity contribution is -0.200. The first-order chi connectivity index (χ1) is 4.98. The number of hydrogen-bond donors (Lipinski definition) is 2. The molecule has 66 valence electrons. The Morgan fingerprint density at radius 2 is 2.18 bits per heavy atom.